The van der Waals surface area contributed by atoms with E-state index in [1.54, 1.807) is 12.1 Å². The molecule has 0 spiro atoms. The zero-order valence-electron chi connectivity index (χ0n) is 11.1. The maximum atomic E-state index is 13.8. The maximum absolute atomic E-state index is 13.8. The second-order valence-corrected chi connectivity index (χ2v) is 5.38. The van der Waals surface area contributed by atoms with E-state index < -0.39 is 5.60 Å². The third-order valence-electron chi connectivity index (χ3n) is 3.87. The van der Waals surface area contributed by atoms with Gasteiger partial charge in [-0.15, -0.1) is 0 Å². The zero-order valence-corrected chi connectivity index (χ0v) is 11.1. The van der Waals surface area contributed by atoms with Crippen LogP contribution >= 0.6 is 0 Å². The van der Waals surface area contributed by atoms with E-state index in [4.69, 9.17) is 5.26 Å². The van der Waals surface area contributed by atoms with Crippen molar-refractivity contribution in [1.82, 2.24) is 5.32 Å². The van der Waals surface area contributed by atoms with E-state index in [9.17, 15) is 9.50 Å². The van der Waals surface area contributed by atoms with E-state index in [0.29, 0.717) is 17.7 Å². The summed E-state index contributed by atoms with van der Waals surface area (Å²) in [6, 6.07) is 6.22. The Morgan fingerprint density at radius 3 is 2.74 bits per heavy atom. The molecular formula is C15H19FN2O. The highest BCUT2D eigenvalue weighted by atomic mass is 19.1. The molecular weight excluding hydrogens is 243 g/mol. The summed E-state index contributed by atoms with van der Waals surface area (Å²) in [5.41, 5.74) is 0.209. The molecule has 2 N–H and O–H groups in total. The minimum Gasteiger partial charge on any atom is -0.389 e. The van der Waals surface area contributed by atoms with Gasteiger partial charge >= 0.3 is 0 Å². The first-order valence-electron chi connectivity index (χ1n) is 6.69. The van der Waals surface area contributed by atoms with Crippen LogP contribution in [0.5, 0.6) is 0 Å². The molecule has 1 aromatic rings. The van der Waals surface area contributed by atoms with Gasteiger partial charge < -0.3 is 10.4 Å². The Morgan fingerprint density at radius 1 is 1.47 bits per heavy atom. The lowest BCUT2D eigenvalue weighted by atomic mass is 10.0. The molecule has 4 heteroatoms. The first kappa shape index (κ1) is 14.0. The van der Waals surface area contributed by atoms with E-state index in [0.717, 1.165) is 25.7 Å². The van der Waals surface area contributed by atoms with Crippen LogP contribution in [0.2, 0.25) is 0 Å². The standard InChI is InChI=1S/C15H19FN2O/c1-11(18-10-15(19)6-2-3-7-15)13-5-4-12(9-17)8-14(13)16/h4-5,8,11,18-19H,2-3,6-7,10H2,1H3. The van der Waals surface area contributed by atoms with Crippen LogP contribution in [-0.4, -0.2) is 17.3 Å². The second-order valence-electron chi connectivity index (χ2n) is 5.38. The van der Waals surface area contributed by atoms with Gasteiger partial charge in [0.15, 0.2) is 0 Å². The van der Waals surface area contributed by atoms with Crippen LogP contribution < -0.4 is 5.32 Å². The monoisotopic (exact) mass is 262 g/mol. The SMILES string of the molecule is CC(NCC1(O)CCCC1)c1ccc(C#N)cc1F. The van der Waals surface area contributed by atoms with Gasteiger partial charge in [0.2, 0.25) is 0 Å². The van der Waals surface area contributed by atoms with E-state index >= 15 is 0 Å². The van der Waals surface area contributed by atoms with Gasteiger partial charge in [-0.25, -0.2) is 4.39 Å². The van der Waals surface area contributed by atoms with Gasteiger partial charge in [-0.3, -0.25) is 0 Å². The van der Waals surface area contributed by atoms with Crippen molar-refractivity contribution in [2.75, 3.05) is 6.54 Å². The predicted octanol–water partition coefficient (Wildman–Crippen LogP) is 2.65. The fourth-order valence-corrected chi connectivity index (χ4v) is 2.61. The number of halogens is 1. The average molecular weight is 262 g/mol. The van der Waals surface area contributed by atoms with Gasteiger partial charge in [-0.2, -0.15) is 5.26 Å². The minimum atomic E-state index is -0.642. The molecule has 19 heavy (non-hydrogen) atoms. The molecule has 0 bridgehead atoms. The Kier molecular flexibility index (Phi) is 4.18. The van der Waals surface area contributed by atoms with Gasteiger partial charge in [-0.1, -0.05) is 18.9 Å². The number of nitriles is 1. The average Bonchev–Trinajstić information content (AvgIpc) is 2.83. The summed E-state index contributed by atoms with van der Waals surface area (Å²) >= 11 is 0. The summed E-state index contributed by atoms with van der Waals surface area (Å²) in [6.07, 6.45) is 3.72. The number of aliphatic hydroxyl groups is 1. The third-order valence-corrected chi connectivity index (χ3v) is 3.87. The van der Waals surface area contributed by atoms with Crippen LogP contribution in [0, 0.1) is 17.1 Å². The van der Waals surface area contributed by atoms with Crippen LogP contribution in [-0.2, 0) is 0 Å². The van der Waals surface area contributed by atoms with Crippen molar-refractivity contribution in [1.29, 1.82) is 5.26 Å². The van der Waals surface area contributed by atoms with Gasteiger partial charge in [0.05, 0.1) is 17.2 Å². The van der Waals surface area contributed by atoms with Crippen LogP contribution in [0.25, 0.3) is 0 Å². The summed E-state index contributed by atoms with van der Waals surface area (Å²) in [7, 11) is 0. The fourth-order valence-electron chi connectivity index (χ4n) is 2.61. The van der Waals surface area contributed by atoms with Gasteiger partial charge in [0.25, 0.3) is 0 Å². The smallest absolute Gasteiger partial charge is 0.129 e. The molecule has 0 saturated heterocycles. The summed E-state index contributed by atoms with van der Waals surface area (Å²) in [6.45, 7) is 2.34. The molecule has 0 radical (unpaired) electrons. The zero-order chi connectivity index (χ0) is 13.9. The maximum Gasteiger partial charge on any atom is 0.129 e. The normalized spacial score (nSPS) is 19.1. The van der Waals surface area contributed by atoms with Crippen LogP contribution in [0.1, 0.15) is 49.8 Å². The quantitative estimate of drug-likeness (QED) is 0.877. The van der Waals surface area contributed by atoms with Crippen molar-refractivity contribution in [3.8, 4) is 6.07 Å². The molecule has 1 atom stereocenters. The van der Waals surface area contributed by atoms with Crippen molar-refractivity contribution in [3.63, 3.8) is 0 Å². The highest BCUT2D eigenvalue weighted by molar-refractivity contribution is 5.34. The summed E-state index contributed by atoms with van der Waals surface area (Å²) in [5, 5.41) is 22.1. The minimum absolute atomic E-state index is 0.183. The number of nitrogens with zero attached hydrogens (tertiary/aromatic N) is 1. The molecule has 0 heterocycles. The van der Waals surface area contributed by atoms with Crippen molar-refractivity contribution < 1.29 is 9.50 Å². The lowest BCUT2D eigenvalue weighted by molar-refractivity contribution is 0.0452. The third kappa shape index (κ3) is 3.31. The van der Waals surface area contributed by atoms with Crippen LogP contribution in [0.3, 0.4) is 0 Å². The van der Waals surface area contributed by atoms with Crippen molar-refractivity contribution >= 4 is 0 Å². The molecule has 1 aromatic carbocycles. The Morgan fingerprint density at radius 2 is 2.16 bits per heavy atom. The molecule has 1 aliphatic carbocycles. The van der Waals surface area contributed by atoms with E-state index in [-0.39, 0.29) is 11.9 Å². The first-order chi connectivity index (χ1) is 9.04. The van der Waals surface area contributed by atoms with Gasteiger partial charge in [0.1, 0.15) is 5.82 Å². The molecule has 1 fully saturated rings. The number of rotatable bonds is 4. The molecule has 0 aromatic heterocycles. The topological polar surface area (TPSA) is 56.0 Å². The number of nitrogens with one attached hydrogen (secondary N) is 1. The largest absolute Gasteiger partial charge is 0.389 e. The molecule has 0 amide bonds. The molecule has 102 valence electrons. The summed E-state index contributed by atoms with van der Waals surface area (Å²) in [4.78, 5) is 0. The van der Waals surface area contributed by atoms with E-state index in [1.807, 2.05) is 13.0 Å². The van der Waals surface area contributed by atoms with Crippen molar-refractivity contribution in [2.45, 2.75) is 44.2 Å². The molecule has 0 aliphatic heterocycles. The predicted molar refractivity (Wildman–Crippen MR) is 71.0 cm³/mol. The van der Waals surface area contributed by atoms with E-state index in [1.165, 1.54) is 6.07 Å². The molecule has 1 unspecified atom stereocenters. The van der Waals surface area contributed by atoms with Crippen molar-refractivity contribution in [2.24, 2.45) is 0 Å². The van der Waals surface area contributed by atoms with E-state index in [2.05, 4.69) is 5.32 Å². The number of hydrogen-bond acceptors (Lipinski definition) is 3. The molecule has 2 rings (SSSR count). The van der Waals surface area contributed by atoms with Gasteiger partial charge in [0, 0.05) is 18.2 Å². The summed E-state index contributed by atoms with van der Waals surface area (Å²) in [5.74, 6) is -0.377. The second kappa shape index (κ2) is 5.68. The molecule has 1 saturated carbocycles. The Hall–Kier alpha value is -1.44. The lowest BCUT2D eigenvalue weighted by Crippen LogP contribution is -2.39. The summed E-state index contributed by atoms with van der Waals surface area (Å²) < 4.78 is 13.8. The van der Waals surface area contributed by atoms with Crippen molar-refractivity contribution in [3.05, 3.63) is 35.1 Å². The van der Waals surface area contributed by atoms with Gasteiger partial charge in [-0.05, 0) is 31.9 Å². The highest BCUT2D eigenvalue weighted by Gasteiger charge is 2.31. The lowest BCUT2D eigenvalue weighted by Gasteiger charge is -2.25. The number of hydrogen-bond donors (Lipinski definition) is 2. The molecule has 1 aliphatic rings. The fraction of sp³-hybridized carbons (Fsp3) is 0.533. The highest BCUT2D eigenvalue weighted by Crippen LogP contribution is 2.29. The number of benzene rings is 1. The van der Waals surface area contributed by atoms with Crippen LogP contribution in [0.15, 0.2) is 18.2 Å². The van der Waals surface area contributed by atoms with Crippen LogP contribution in [0.4, 0.5) is 4.39 Å². The Balaban J connectivity index is 2.00. The molecule has 3 nitrogen and oxygen atoms in total. The Bertz CT molecular complexity index is 489. The first-order valence-corrected chi connectivity index (χ1v) is 6.69. The Labute approximate surface area is 113 Å².